The van der Waals surface area contributed by atoms with Gasteiger partial charge in [0.2, 0.25) is 0 Å². The molecule has 0 atom stereocenters. The van der Waals surface area contributed by atoms with E-state index < -0.39 is 5.97 Å². The fraction of sp³-hybridized carbons (Fsp3) is 0.867. The molecular weight excluding hydrogens is 270 g/mol. The van der Waals surface area contributed by atoms with E-state index in [-0.39, 0.29) is 12.5 Å². The molecule has 21 heavy (non-hydrogen) atoms. The van der Waals surface area contributed by atoms with Crippen LogP contribution in [0.4, 0.5) is 4.79 Å². The largest absolute Gasteiger partial charge is 0.481 e. The van der Waals surface area contributed by atoms with E-state index in [1.54, 1.807) is 0 Å². The van der Waals surface area contributed by atoms with Gasteiger partial charge in [0.1, 0.15) is 0 Å². The minimum atomic E-state index is -0.762. The number of amides is 2. The van der Waals surface area contributed by atoms with E-state index >= 15 is 0 Å². The highest BCUT2D eigenvalue weighted by Gasteiger charge is 2.25. The maximum absolute atomic E-state index is 12.2. The first kappa shape index (κ1) is 16.1. The zero-order valence-corrected chi connectivity index (χ0v) is 12.9. The molecule has 2 rings (SSSR count). The highest BCUT2D eigenvalue weighted by atomic mass is 16.4. The molecule has 2 amide bonds. The second kappa shape index (κ2) is 7.64. The molecule has 0 aromatic carbocycles. The first-order valence-corrected chi connectivity index (χ1v) is 8.04. The third-order valence-electron chi connectivity index (χ3n) is 4.64. The monoisotopic (exact) mass is 297 g/mol. The molecule has 0 spiro atoms. The Bertz CT molecular complexity index is 359. The molecule has 1 saturated carbocycles. The number of nitrogens with one attached hydrogen (secondary N) is 1. The van der Waals surface area contributed by atoms with Crippen LogP contribution in [0.5, 0.6) is 0 Å². The summed E-state index contributed by atoms with van der Waals surface area (Å²) >= 11 is 0. The number of aliphatic carboxylic acids is 1. The van der Waals surface area contributed by atoms with Crippen LogP contribution in [0.15, 0.2) is 0 Å². The summed E-state index contributed by atoms with van der Waals surface area (Å²) in [5, 5.41) is 11.8. The molecular formula is C15H27N3O3. The van der Waals surface area contributed by atoms with Crippen molar-refractivity contribution in [3.8, 4) is 0 Å². The maximum Gasteiger partial charge on any atom is 0.317 e. The van der Waals surface area contributed by atoms with Gasteiger partial charge in [0.15, 0.2) is 0 Å². The fourth-order valence-corrected chi connectivity index (χ4v) is 3.10. The predicted molar refractivity (Wildman–Crippen MR) is 80.2 cm³/mol. The summed E-state index contributed by atoms with van der Waals surface area (Å²) in [5.41, 5.74) is 0. The molecule has 1 aliphatic heterocycles. The number of carbonyl (C=O) groups excluding carboxylic acids is 1. The predicted octanol–water partition coefficient (Wildman–Crippen LogP) is 1.37. The molecule has 2 fully saturated rings. The van der Waals surface area contributed by atoms with Gasteiger partial charge in [-0.05, 0) is 31.6 Å². The maximum atomic E-state index is 12.2. The van der Waals surface area contributed by atoms with Crippen LogP contribution in [0.25, 0.3) is 0 Å². The van der Waals surface area contributed by atoms with Crippen molar-refractivity contribution in [3.05, 3.63) is 0 Å². The van der Waals surface area contributed by atoms with E-state index in [1.165, 1.54) is 12.8 Å². The quantitative estimate of drug-likeness (QED) is 0.822. The zero-order valence-electron chi connectivity index (χ0n) is 12.9. The standard InChI is InChI=1S/C15H27N3O3/c1-12-2-4-13(5-3-12)16-15(21)18-10-8-17(9-11-18)7-6-14(19)20/h12-13H,2-11H2,1H3,(H,16,21)(H,19,20). The van der Waals surface area contributed by atoms with Crippen molar-refractivity contribution in [2.45, 2.75) is 45.1 Å². The lowest BCUT2D eigenvalue weighted by Gasteiger charge is -2.36. The van der Waals surface area contributed by atoms with E-state index in [4.69, 9.17) is 5.11 Å². The van der Waals surface area contributed by atoms with Crippen LogP contribution in [0.1, 0.15) is 39.0 Å². The summed E-state index contributed by atoms with van der Waals surface area (Å²) in [5.74, 6) is 0.0256. The summed E-state index contributed by atoms with van der Waals surface area (Å²) < 4.78 is 0. The van der Waals surface area contributed by atoms with Gasteiger partial charge < -0.3 is 15.3 Å². The van der Waals surface area contributed by atoms with Gasteiger partial charge in [-0.2, -0.15) is 0 Å². The molecule has 2 N–H and O–H groups in total. The molecule has 1 aliphatic carbocycles. The first-order chi connectivity index (χ1) is 10.0. The Labute approximate surface area is 126 Å². The lowest BCUT2D eigenvalue weighted by Crippen LogP contribution is -2.53. The SMILES string of the molecule is CC1CCC(NC(=O)N2CCN(CCC(=O)O)CC2)CC1. The molecule has 0 aromatic heterocycles. The van der Waals surface area contributed by atoms with E-state index in [9.17, 15) is 9.59 Å². The average molecular weight is 297 g/mol. The van der Waals surface area contributed by atoms with Crippen LogP contribution in [-0.2, 0) is 4.79 Å². The van der Waals surface area contributed by atoms with E-state index in [2.05, 4.69) is 17.1 Å². The van der Waals surface area contributed by atoms with Crippen molar-refractivity contribution < 1.29 is 14.7 Å². The second-order valence-electron chi connectivity index (χ2n) is 6.38. The molecule has 1 heterocycles. The van der Waals surface area contributed by atoms with Crippen LogP contribution in [0.2, 0.25) is 0 Å². The number of hydrogen-bond donors (Lipinski definition) is 2. The van der Waals surface area contributed by atoms with Crippen molar-refractivity contribution in [3.63, 3.8) is 0 Å². The fourth-order valence-electron chi connectivity index (χ4n) is 3.10. The Hall–Kier alpha value is -1.30. The Balaban J connectivity index is 1.67. The Morgan fingerprint density at radius 3 is 2.29 bits per heavy atom. The third kappa shape index (κ3) is 5.19. The van der Waals surface area contributed by atoms with Crippen LogP contribution in [0.3, 0.4) is 0 Å². The minimum absolute atomic E-state index is 0.0486. The molecule has 0 bridgehead atoms. The second-order valence-corrected chi connectivity index (χ2v) is 6.38. The van der Waals surface area contributed by atoms with Crippen LogP contribution in [0, 0.1) is 5.92 Å². The number of rotatable bonds is 4. The smallest absolute Gasteiger partial charge is 0.317 e. The van der Waals surface area contributed by atoms with E-state index in [0.717, 1.165) is 31.8 Å². The molecule has 0 aromatic rings. The van der Waals surface area contributed by atoms with Gasteiger partial charge in [-0.15, -0.1) is 0 Å². The van der Waals surface area contributed by atoms with Crippen LogP contribution < -0.4 is 5.32 Å². The molecule has 2 aliphatic rings. The number of hydrogen-bond acceptors (Lipinski definition) is 3. The van der Waals surface area contributed by atoms with Gasteiger partial charge in [-0.1, -0.05) is 6.92 Å². The Morgan fingerprint density at radius 2 is 1.71 bits per heavy atom. The van der Waals surface area contributed by atoms with Crippen LogP contribution in [-0.4, -0.2) is 65.7 Å². The van der Waals surface area contributed by atoms with Gasteiger partial charge in [0.05, 0.1) is 6.42 Å². The van der Waals surface area contributed by atoms with Crippen LogP contribution >= 0.6 is 0 Å². The van der Waals surface area contributed by atoms with Crippen molar-refractivity contribution in [2.75, 3.05) is 32.7 Å². The molecule has 6 heteroatoms. The highest BCUT2D eigenvalue weighted by Crippen LogP contribution is 2.23. The number of nitrogens with zero attached hydrogens (tertiary/aromatic N) is 2. The number of piperazine rings is 1. The summed E-state index contributed by atoms with van der Waals surface area (Å²) in [6.07, 6.45) is 4.76. The lowest BCUT2D eigenvalue weighted by molar-refractivity contribution is -0.137. The Kier molecular flexibility index (Phi) is 5.85. The highest BCUT2D eigenvalue weighted by molar-refractivity contribution is 5.74. The summed E-state index contributed by atoms with van der Waals surface area (Å²) in [4.78, 5) is 26.7. The van der Waals surface area contributed by atoms with Gasteiger partial charge in [-0.25, -0.2) is 4.79 Å². The summed E-state index contributed by atoms with van der Waals surface area (Å²) in [7, 11) is 0. The molecule has 120 valence electrons. The molecule has 0 radical (unpaired) electrons. The average Bonchev–Trinajstić information content (AvgIpc) is 2.48. The third-order valence-corrected chi connectivity index (χ3v) is 4.64. The first-order valence-electron chi connectivity index (χ1n) is 8.04. The number of urea groups is 1. The Morgan fingerprint density at radius 1 is 1.10 bits per heavy atom. The zero-order chi connectivity index (χ0) is 15.2. The summed E-state index contributed by atoms with van der Waals surface area (Å²) in [6.45, 7) is 5.76. The number of carboxylic acids is 1. The molecule has 1 saturated heterocycles. The topological polar surface area (TPSA) is 72.9 Å². The van der Waals surface area contributed by atoms with Gasteiger partial charge in [-0.3, -0.25) is 9.69 Å². The normalized spacial score (nSPS) is 27.4. The number of carbonyl (C=O) groups is 2. The molecule has 6 nitrogen and oxygen atoms in total. The lowest BCUT2D eigenvalue weighted by atomic mass is 9.87. The van der Waals surface area contributed by atoms with Crippen molar-refractivity contribution in [2.24, 2.45) is 5.92 Å². The van der Waals surface area contributed by atoms with E-state index in [0.29, 0.717) is 25.7 Å². The van der Waals surface area contributed by atoms with Crippen molar-refractivity contribution in [1.29, 1.82) is 0 Å². The minimum Gasteiger partial charge on any atom is -0.481 e. The van der Waals surface area contributed by atoms with Gasteiger partial charge in [0.25, 0.3) is 0 Å². The van der Waals surface area contributed by atoms with Gasteiger partial charge >= 0.3 is 12.0 Å². The summed E-state index contributed by atoms with van der Waals surface area (Å²) in [6, 6.07) is 0.381. The van der Waals surface area contributed by atoms with E-state index in [1.807, 2.05) is 4.90 Å². The molecule has 0 unspecified atom stereocenters. The van der Waals surface area contributed by atoms with Crippen molar-refractivity contribution >= 4 is 12.0 Å². The number of carboxylic acid groups (broad SMARTS) is 1. The van der Waals surface area contributed by atoms with Gasteiger partial charge in [0, 0.05) is 38.8 Å². The van der Waals surface area contributed by atoms with Crippen molar-refractivity contribution in [1.82, 2.24) is 15.1 Å².